The first-order valence-corrected chi connectivity index (χ1v) is 8.47. The second-order valence-electron chi connectivity index (χ2n) is 6.36. The zero-order valence-electron chi connectivity index (χ0n) is 14.1. The minimum absolute atomic E-state index is 0.0784. The van der Waals surface area contributed by atoms with Crippen molar-refractivity contribution >= 4 is 22.8 Å². The second-order valence-corrected chi connectivity index (χ2v) is 6.36. The summed E-state index contributed by atoms with van der Waals surface area (Å²) in [6.07, 6.45) is 5.07. The van der Waals surface area contributed by atoms with Crippen molar-refractivity contribution in [2.24, 2.45) is 0 Å². The van der Waals surface area contributed by atoms with E-state index in [9.17, 15) is 4.79 Å². The lowest BCUT2D eigenvalue weighted by Crippen LogP contribution is -2.42. The maximum atomic E-state index is 12.8. The molecule has 0 unspecified atom stereocenters. The highest BCUT2D eigenvalue weighted by Gasteiger charge is 2.24. The number of carbonyl (C=O) groups is 1. The summed E-state index contributed by atoms with van der Waals surface area (Å²) >= 11 is 0. The molecular weight excluding hydrogens is 316 g/mol. The van der Waals surface area contributed by atoms with Gasteiger partial charge in [-0.2, -0.15) is 0 Å². The highest BCUT2D eigenvalue weighted by Crippen LogP contribution is 2.19. The molecule has 0 aliphatic carbocycles. The molecule has 3 heterocycles. The topological polar surface area (TPSA) is 86.8 Å². The molecule has 25 heavy (non-hydrogen) atoms. The predicted molar refractivity (Wildman–Crippen MR) is 95.4 cm³/mol. The van der Waals surface area contributed by atoms with Crippen molar-refractivity contribution in [3.05, 3.63) is 48.2 Å². The molecule has 1 amide bonds. The van der Waals surface area contributed by atoms with E-state index in [0.29, 0.717) is 11.6 Å². The van der Waals surface area contributed by atoms with Crippen LogP contribution in [0.15, 0.2) is 36.8 Å². The van der Waals surface area contributed by atoms with Crippen LogP contribution < -0.4 is 5.32 Å². The molecule has 128 valence electrons. The summed E-state index contributed by atoms with van der Waals surface area (Å²) in [5, 5.41) is 3.40. The van der Waals surface area contributed by atoms with E-state index < -0.39 is 0 Å². The van der Waals surface area contributed by atoms with Gasteiger partial charge in [-0.05, 0) is 44.0 Å². The van der Waals surface area contributed by atoms with Crippen LogP contribution in [0.25, 0.3) is 11.0 Å². The highest BCUT2D eigenvalue weighted by molar-refractivity contribution is 5.97. The van der Waals surface area contributed by atoms with E-state index >= 15 is 0 Å². The SMILES string of the molecule is Cc1nc2ccc(C(=O)N3CCC(Nc4ccncn4)CC3)cc2[nH]1. The number of anilines is 1. The van der Waals surface area contributed by atoms with Gasteiger partial charge in [0.15, 0.2) is 0 Å². The van der Waals surface area contributed by atoms with Gasteiger partial charge >= 0.3 is 0 Å². The van der Waals surface area contributed by atoms with E-state index in [-0.39, 0.29) is 5.91 Å². The highest BCUT2D eigenvalue weighted by atomic mass is 16.2. The van der Waals surface area contributed by atoms with Crippen molar-refractivity contribution in [3.63, 3.8) is 0 Å². The summed E-state index contributed by atoms with van der Waals surface area (Å²) in [6, 6.07) is 7.84. The number of piperidine rings is 1. The maximum absolute atomic E-state index is 12.8. The fourth-order valence-electron chi connectivity index (χ4n) is 3.26. The van der Waals surface area contributed by atoms with Crippen LogP contribution >= 0.6 is 0 Å². The van der Waals surface area contributed by atoms with Crippen molar-refractivity contribution in [3.8, 4) is 0 Å². The first-order chi connectivity index (χ1) is 12.2. The van der Waals surface area contributed by atoms with Crippen molar-refractivity contribution in [2.45, 2.75) is 25.8 Å². The fraction of sp³-hybridized carbons (Fsp3) is 0.333. The van der Waals surface area contributed by atoms with Gasteiger partial charge in [0, 0.05) is 30.9 Å². The van der Waals surface area contributed by atoms with Crippen molar-refractivity contribution in [1.82, 2.24) is 24.8 Å². The van der Waals surface area contributed by atoms with Crippen LogP contribution in [0.2, 0.25) is 0 Å². The van der Waals surface area contributed by atoms with E-state index in [0.717, 1.165) is 48.6 Å². The van der Waals surface area contributed by atoms with Gasteiger partial charge in [0.2, 0.25) is 0 Å². The molecule has 1 aromatic carbocycles. The monoisotopic (exact) mass is 336 g/mol. The van der Waals surface area contributed by atoms with Gasteiger partial charge in [0.1, 0.15) is 18.0 Å². The van der Waals surface area contributed by atoms with Crippen LogP contribution in [0.1, 0.15) is 29.0 Å². The number of nitrogens with zero attached hydrogens (tertiary/aromatic N) is 4. The van der Waals surface area contributed by atoms with Gasteiger partial charge in [-0.15, -0.1) is 0 Å². The third-order valence-electron chi connectivity index (χ3n) is 4.56. The van der Waals surface area contributed by atoms with Crippen LogP contribution in [0.4, 0.5) is 5.82 Å². The quantitative estimate of drug-likeness (QED) is 0.767. The van der Waals surface area contributed by atoms with Crippen molar-refractivity contribution < 1.29 is 4.79 Å². The van der Waals surface area contributed by atoms with Crippen LogP contribution in [-0.2, 0) is 0 Å². The Hall–Kier alpha value is -2.96. The molecular formula is C18H20N6O. The Bertz CT molecular complexity index is 883. The number of nitrogens with one attached hydrogen (secondary N) is 2. The van der Waals surface area contributed by atoms with Crippen molar-refractivity contribution in [1.29, 1.82) is 0 Å². The Morgan fingerprint density at radius 3 is 2.88 bits per heavy atom. The average Bonchev–Trinajstić information content (AvgIpc) is 3.02. The number of H-pyrrole nitrogens is 1. The minimum atomic E-state index is 0.0784. The van der Waals surface area contributed by atoms with Crippen LogP contribution in [0.5, 0.6) is 0 Å². The van der Waals surface area contributed by atoms with Gasteiger partial charge < -0.3 is 15.2 Å². The number of hydrogen-bond acceptors (Lipinski definition) is 5. The first kappa shape index (κ1) is 15.6. The number of likely N-dealkylation sites (tertiary alicyclic amines) is 1. The van der Waals surface area contributed by atoms with Gasteiger partial charge in [-0.1, -0.05) is 0 Å². The number of amides is 1. The molecule has 3 aromatic rings. The third kappa shape index (κ3) is 3.31. The smallest absolute Gasteiger partial charge is 0.253 e. The molecule has 0 bridgehead atoms. The fourth-order valence-corrected chi connectivity index (χ4v) is 3.26. The summed E-state index contributed by atoms with van der Waals surface area (Å²) in [5.41, 5.74) is 2.50. The lowest BCUT2D eigenvalue weighted by atomic mass is 10.0. The summed E-state index contributed by atoms with van der Waals surface area (Å²) in [6.45, 7) is 3.39. The average molecular weight is 336 g/mol. The number of fused-ring (bicyclic) bond motifs is 1. The van der Waals surface area contributed by atoms with E-state index in [1.165, 1.54) is 6.33 Å². The summed E-state index contributed by atoms with van der Waals surface area (Å²) in [4.78, 5) is 30.4. The van der Waals surface area contributed by atoms with E-state index in [1.807, 2.05) is 36.1 Å². The zero-order chi connectivity index (χ0) is 17.2. The van der Waals surface area contributed by atoms with Crippen molar-refractivity contribution in [2.75, 3.05) is 18.4 Å². The number of hydrogen-bond donors (Lipinski definition) is 2. The van der Waals surface area contributed by atoms with E-state index in [1.54, 1.807) is 6.20 Å². The molecule has 0 atom stereocenters. The molecule has 7 nitrogen and oxygen atoms in total. The number of aromatic amines is 1. The number of aryl methyl sites for hydroxylation is 1. The molecule has 0 spiro atoms. The molecule has 1 saturated heterocycles. The Kier molecular flexibility index (Phi) is 4.05. The Morgan fingerprint density at radius 1 is 1.28 bits per heavy atom. The van der Waals surface area contributed by atoms with E-state index in [2.05, 4.69) is 25.3 Å². The van der Waals surface area contributed by atoms with Gasteiger partial charge in [-0.3, -0.25) is 4.79 Å². The molecule has 7 heteroatoms. The summed E-state index contributed by atoms with van der Waals surface area (Å²) < 4.78 is 0. The second kappa shape index (κ2) is 6.51. The standard InChI is InChI=1S/C18H20N6O/c1-12-21-15-3-2-13(10-16(15)22-12)18(25)24-8-5-14(6-9-24)23-17-4-7-19-11-20-17/h2-4,7,10-11,14H,5-6,8-9H2,1H3,(H,21,22)(H,19,20,23). The molecule has 1 aliphatic heterocycles. The van der Waals surface area contributed by atoms with Gasteiger partial charge in [0.25, 0.3) is 5.91 Å². The Balaban J connectivity index is 1.40. The van der Waals surface area contributed by atoms with Gasteiger partial charge in [0.05, 0.1) is 11.0 Å². The normalized spacial score (nSPS) is 15.5. The molecule has 1 aliphatic rings. The molecule has 1 fully saturated rings. The maximum Gasteiger partial charge on any atom is 0.253 e. The number of rotatable bonds is 3. The largest absolute Gasteiger partial charge is 0.367 e. The van der Waals surface area contributed by atoms with Gasteiger partial charge in [-0.25, -0.2) is 15.0 Å². The van der Waals surface area contributed by atoms with Crippen LogP contribution in [-0.4, -0.2) is 49.9 Å². The molecule has 0 saturated carbocycles. The minimum Gasteiger partial charge on any atom is -0.367 e. The summed E-state index contributed by atoms with van der Waals surface area (Å²) in [7, 11) is 0. The molecule has 4 rings (SSSR count). The number of carbonyl (C=O) groups excluding carboxylic acids is 1. The first-order valence-electron chi connectivity index (χ1n) is 8.47. The Labute approximate surface area is 145 Å². The number of benzene rings is 1. The van der Waals surface area contributed by atoms with Crippen LogP contribution in [0.3, 0.4) is 0 Å². The third-order valence-corrected chi connectivity index (χ3v) is 4.56. The van der Waals surface area contributed by atoms with E-state index in [4.69, 9.17) is 0 Å². The van der Waals surface area contributed by atoms with Crippen LogP contribution in [0, 0.1) is 6.92 Å². The zero-order valence-corrected chi connectivity index (χ0v) is 14.1. The molecule has 2 aromatic heterocycles. The molecule has 2 N–H and O–H groups in total. The predicted octanol–water partition coefficient (Wildman–Crippen LogP) is 2.38. The lowest BCUT2D eigenvalue weighted by Gasteiger charge is -2.32. The molecule has 0 radical (unpaired) electrons. The number of imidazole rings is 1. The lowest BCUT2D eigenvalue weighted by molar-refractivity contribution is 0.0718. The number of aromatic nitrogens is 4. The summed E-state index contributed by atoms with van der Waals surface area (Å²) in [5.74, 6) is 1.77. The Morgan fingerprint density at radius 2 is 2.12 bits per heavy atom.